The Labute approximate surface area is 179 Å². The van der Waals surface area contributed by atoms with Crippen LogP contribution in [0, 0.1) is 6.92 Å². The second-order valence-electron chi connectivity index (χ2n) is 7.94. The molecule has 2 aromatic rings. The molecule has 5 nitrogen and oxygen atoms in total. The van der Waals surface area contributed by atoms with Gasteiger partial charge in [0.15, 0.2) is 5.96 Å². The molecule has 0 aliphatic heterocycles. The van der Waals surface area contributed by atoms with Crippen LogP contribution in [-0.4, -0.2) is 42.5 Å². The van der Waals surface area contributed by atoms with Crippen molar-refractivity contribution in [1.29, 1.82) is 0 Å². The minimum Gasteiger partial charge on any atom is -0.356 e. The van der Waals surface area contributed by atoms with Gasteiger partial charge >= 0.3 is 0 Å². The molecular formula is C23H35N5S. The molecule has 1 aliphatic carbocycles. The standard InChI is InChI=1S/C23H35N5S/c1-18-27-21(17-29-18)13-14-25-23(24-2)26-15-19-9-7-8-10-20(19)16-28(3)22-11-5-4-6-12-22/h7-10,17,22H,4-6,11-16H2,1-3H3,(H2,24,25,26). The summed E-state index contributed by atoms with van der Waals surface area (Å²) in [5.41, 5.74) is 3.89. The molecule has 0 radical (unpaired) electrons. The third-order valence-corrected chi connectivity index (χ3v) is 6.57. The van der Waals surface area contributed by atoms with Gasteiger partial charge in [-0.2, -0.15) is 0 Å². The molecule has 0 unspecified atom stereocenters. The molecule has 6 heteroatoms. The third-order valence-electron chi connectivity index (χ3n) is 5.75. The molecule has 1 fully saturated rings. The number of aromatic nitrogens is 1. The van der Waals surface area contributed by atoms with Crippen molar-refractivity contribution in [3.05, 3.63) is 51.5 Å². The normalized spacial score (nSPS) is 15.7. The molecule has 158 valence electrons. The average Bonchev–Trinajstić information content (AvgIpc) is 3.17. The van der Waals surface area contributed by atoms with E-state index in [0.717, 1.165) is 48.8 Å². The highest BCUT2D eigenvalue weighted by Crippen LogP contribution is 2.23. The monoisotopic (exact) mass is 413 g/mol. The van der Waals surface area contributed by atoms with Crippen molar-refractivity contribution in [2.24, 2.45) is 4.99 Å². The zero-order chi connectivity index (χ0) is 20.5. The van der Waals surface area contributed by atoms with Crippen LogP contribution >= 0.6 is 11.3 Å². The smallest absolute Gasteiger partial charge is 0.191 e. The van der Waals surface area contributed by atoms with Gasteiger partial charge in [0.1, 0.15) is 0 Å². The van der Waals surface area contributed by atoms with Gasteiger partial charge in [-0.1, -0.05) is 43.5 Å². The second-order valence-corrected chi connectivity index (χ2v) is 9.00. The minimum absolute atomic E-state index is 0.730. The molecule has 29 heavy (non-hydrogen) atoms. The number of thiazole rings is 1. The molecule has 0 atom stereocenters. The predicted octanol–water partition coefficient (Wildman–Crippen LogP) is 4.12. The Kier molecular flexibility index (Phi) is 8.50. The molecular weight excluding hydrogens is 378 g/mol. The van der Waals surface area contributed by atoms with E-state index in [0.29, 0.717) is 0 Å². The van der Waals surface area contributed by atoms with E-state index in [2.05, 4.69) is 62.2 Å². The van der Waals surface area contributed by atoms with Crippen molar-refractivity contribution < 1.29 is 0 Å². The van der Waals surface area contributed by atoms with Crippen molar-refractivity contribution >= 4 is 17.3 Å². The topological polar surface area (TPSA) is 52.6 Å². The third kappa shape index (κ3) is 6.82. The molecule has 1 aliphatic rings. The van der Waals surface area contributed by atoms with E-state index in [4.69, 9.17) is 0 Å². The minimum atomic E-state index is 0.730. The number of hydrogen-bond acceptors (Lipinski definition) is 4. The molecule has 0 spiro atoms. The van der Waals surface area contributed by atoms with Crippen molar-refractivity contribution in [3.63, 3.8) is 0 Å². The Morgan fingerprint density at radius 2 is 1.93 bits per heavy atom. The maximum Gasteiger partial charge on any atom is 0.191 e. The van der Waals surface area contributed by atoms with Crippen LogP contribution in [0.15, 0.2) is 34.6 Å². The van der Waals surface area contributed by atoms with Crippen LogP contribution in [0.3, 0.4) is 0 Å². The van der Waals surface area contributed by atoms with Gasteiger partial charge in [0.2, 0.25) is 0 Å². The van der Waals surface area contributed by atoms with Crippen LogP contribution < -0.4 is 10.6 Å². The van der Waals surface area contributed by atoms with Crippen LogP contribution in [0.4, 0.5) is 0 Å². The molecule has 0 saturated heterocycles. The van der Waals surface area contributed by atoms with Gasteiger partial charge in [-0.3, -0.25) is 9.89 Å². The van der Waals surface area contributed by atoms with Gasteiger partial charge in [-0.05, 0) is 37.9 Å². The fourth-order valence-electron chi connectivity index (χ4n) is 4.04. The van der Waals surface area contributed by atoms with Crippen LogP contribution in [0.2, 0.25) is 0 Å². The molecule has 1 heterocycles. The lowest BCUT2D eigenvalue weighted by molar-refractivity contribution is 0.184. The van der Waals surface area contributed by atoms with Gasteiger partial charge in [0, 0.05) is 44.5 Å². The summed E-state index contributed by atoms with van der Waals surface area (Å²) in [7, 11) is 4.10. The number of benzene rings is 1. The lowest BCUT2D eigenvalue weighted by Gasteiger charge is -2.31. The van der Waals surface area contributed by atoms with E-state index in [1.807, 2.05) is 14.0 Å². The first-order chi connectivity index (χ1) is 14.2. The molecule has 1 aromatic carbocycles. The summed E-state index contributed by atoms with van der Waals surface area (Å²) < 4.78 is 0. The lowest BCUT2D eigenvalue weighted by Crippen LogP contribution is -2.38. The maximum atomic E-state index is 4.52. The summed E-state index contributed by atoms with van der Waals surface area (Å²) in [4.78, 5) is 11.4. The summed E-state index contributed by atoms with van der Waals surface area (Å²) in [6, 6.07) is 9.49. The molecule has 3 rings (SSSR count). The molecule has 2 N–H and O–H groups in total. The number of aryl methyl sites for hydroxylation is 1. The van der Waals surface area contributed by atoms with Crippen molar-refractivity contribution in [2.75, 3.05) is 20.6 Å². The van der Waals surface area contributed by atoms with Gasteiger partial charge in [-0.15, -0.1) is 11.3 Å². The van der Waals surface area contributed by atoms with E-state index in [-0.39, 0.29) is 0 Å². The first kappa shape index (κ1) is 21.8. The summed E-state index contributed by atoms with van der Waals surface area (Å²) >= 11 is 1.70. The number of nitrogens with zero attached hydrogens (tertiary/aromatic N) is 3. The highest BCUT2D eigenvalue weighted by molar-refractivity contribution is 7.09. The van der Waals surface area contributed by atoms with Gasteiger partial charge in [0.05, 0.1) is 10.7 Å². The first-order valence-electron chi connectivity index (χ1n) is 10.8. The molecule has 0 bridgehead atoms. The summed E-state index contributed by atoms with van der Waals surface area (Å²) in [6.07, 6.45) is 7.74. The number of aliphatic imine (C=N–C) groups is 1. The van der Waals surface area contributed by atoms with Gasteiger partial charge in [-0.25, -0.2) is 4.98 Å². The number of hydrogen-bond donors (Lipinski definition) is 2. The fraction of sp³-hybridized carbons (Fsp3) is 0.565. The van der Waals surface area contributed by atoms with Gasteiger partial charge in [0.25, 0.3) is 0 Å². The van der Waals surface area contributed by atoms with Crippen LogP contribution in [0.25, 0.3) is 0 Å². The highest BCUT2D eigenvalue weighted by atomic mass is 32.1. The Morgan fingerprint density at radius 3 is 2.62 bits per heavy atom. The number of guanidine groups is 1. The Bertz CT molecular complexity index is 779. The van der Waals surface area contributed by atoms with Gasteiger partial charge < -0.3 is 10.6 Å². The van der Waals surface area contributed by atoms with Crippen LogP contribution in [0.5, 0.6) is 0 Å². The summed E-state index contributed by atoms with van der Waals surface area (Å²) in [6.45, 7) is 4.67. The summed E-state index contributed by atoms with van der Waals surface area (Å²) in [5.74, 6) is 0.840. The fourth-order valence-corrected chi connectivity index (χ4v) is 4.68. The summed E-state index contributed by atoms with van der Waals surface area (Å²) in [5, 5.41) is 10.1. The quantitative estimate of drug-likeness (QED) is 0.505. The highest BCUT2D eigenvalue weighted by Gasteiger charge is 2.18. The number of rotatable bonds is 8. The molecule has 1 saturated carbocycles. The lowest BCUT2D eigenvalue weighted by atomic mass is 9.94. The average molecular weight is 414 g/mol. The molecule has 0 amide bonds. The largest absolute Gasteiger partial charge is 0.356 e. The Hall–Kier alpha value is -1.92. The number of nitrogens with one attached hydrogen (secondary N) is 2. The predicted molar refractivity (Wildman–Crippen MR) is 124 cm³/mol. The Balaban J connectivity index is 1.49. The van der Waals surface area contributed by atoms with Crippen molar-refractivity contribution in [3.8, 4) is 0 Å². The van der Waals surface area contributed by atoms with E-state index in [9.17, 15) is 0 Å². The second kappa shape index (κ2) is 11.3. The molecule has 1 aromatic heterocycles. The van der Waals surface area contributed by atoms with Crippen LogP contribution in [-0.2, 0) is 19.5 Å². The zero-order valence-electron chi connectivity index (χ0n) is 18.1. The van der Waals surface area contributed by atoms with E-state index >= 15 is 0 Å². The SMILES string of the molecule is CN=C(NCCc1csc(C)n1)NCc1ccccc1CN(C)C1CCCCC1. The van der Waals surface area contributed by atoms with Crippen molar-refractivity contribution in [2.45, 2.75) is 64.6 Å². The van der Waals surface area contributed by atoms with E-state index in [1.54, 1.807) is 11.3 Å². The first-order valence-corrected chi connectivity index (χ1v) is 11.7. The van der Waals surface area contributed by atoms with Crippen LogP contribution in [0.1, 0.15) is 53.9 Å². The van der Waals surface area contributed by atoms with Crippen molar-refractivity contribution in [1.82, 2.24) is 20.5 Å². The maximum absolute atomic E-state index is 4.52. The van der Waals surface area contributed by atoms with E-state index in [1.165, 1.54) is 43.2 Å². The zero-order valence-corrected chi connectivity index (χ0v) is 18.9. The van der Waals surface area contributed by atoms with E-state index < -0.39 is 0 Å². The Morgan fingerprint density at radius 1 is 1.17 bits per heavy atom.